The van der Waals surface area contributed by atoms with E-state index in [0.717, 1.165) is 11.4 Å². The number of nitrogen functional groups attached to an aromatic ring is 1. The van der Waals surface area contributed by atoms with Gasteiger partial charge in [0.25, 0.3) is 0 Å². The van der Waals surface area contributed by atoms with Crippen LogP contribution in [0.15, 0.2) is 77.7 Å². The first-order valence-electron chi connectivity index (χ1n) is 8.11. The van der Waals surface area contributed by atoms with Crippen LogP contribution < -0.4 is 5.73 Å². The molecule has 0 spiro atoms. The second kappa shape index (κ2) is 6.21. The number of rotatable bonds is 3. The quantitative estimate of drug-likeness (QED) is 0.359. The number of nitrogens with two attached hydrogens (primary N) is 1. The van der Waals surface area contributed by atoms with Gasteiger partial charge in [-0.15, -0.1) is 11.8 Å². The summed E-state index contributed by atoms with van der Waals surface area (Å²) in [5, 5.41) is 5.11. The van der Waals surface area contributed by atoms with Crippen LogP contribution in [-0.2, 0) is 5.75 Å². The van der Waals surface area contributed by atoms with Gasteiger partial charge in [0.15, 0.2) is 0 Å². The van der Waals surface area contributed by atoms with Crippen molar-refractivity contribution in [1.82, 2.24) is 0 Å². The minimum atomic E-state index is 0.860. The van der Waals surface area contributed by atoms with E-state index in [2.05, 4.69) is 73.7 Å². The van der Waals surface area contributed by atoms with E-state index in [0.29, 0.717) is 0 Å². The normalized spacial score (nSPS) is 11.2. The Morgan fingerprint density at radius 3 is 2.46 bits per heavy atom. The van der Waals surface area contributed by atoms with Gasteiger partial charge in [-0.3, -0.25) is 0 Å². The monoisotopic (exact) mass is 329 g/mol. The van der Waals surface area contributed by atoms with Crippen LogP contribution >= 0.6 is 11.8 Å². The highest BCUT2D eigenvalue weighted by atomic mass is 32.2. The highest BCUT2D eigenvalue weighted by molar-refractivity contribution is 7.99. The molecular formula is C22H19NS. The molecule has 2 heteroatoms. The summed E-state index contributed by atoms with van der Waals surface area (Å²) < 4.78 is 0. The number of hydrogen-bond donors (Lipinski definition) is 1. The maximum atomic E-state index is 6.29. The number of hydrogen-bond acceptors (Lipinski definition) is 2. The molecule has 0 aromatic heterocycles. The van der Waals surface area contributed by atoms with Gasteiger partial charge < -0.3 is 5.73 Å². The molecule has 24 heavy (non-hydrogen) atoms. The number of thioether (sulfide) groups is 1. The van der Waals surface area contributed by atoms with Crippen molar-refractivity contribution in [2.75, 3.05) is 5.73 Å². The van der Waals surface area contributed by atoms with Crippen LogP contribution in [0.2, 0.25) is 0 Å². The Labute approximate surface area is 146 Å². The Morgan fingerprint density at radius 2 is 1.54 bits per heavy atom. The zero-order valence-corrected chi connectivity index (χ0v) is 14.4. The lowest BCUT2D eigenvalue weighted by molar-refractivity contribution is 1.43. The maximum absolute atomic E-state index is 6.29. The highest BCUT2D eigenvalue weighted by Gasteiger charge is 2.08. The second-order valence-corrected chi connectivity index (χ2v) is 7.12. The molecule has 0 amide bonds. The van der Waals surface area contributed by atoms with Crippen LogP contribution in [0.4, 0.5) is 5.69 Å². The van der Waals surface area contributed by atoms with Gasteiger partial charge in [0, 0.05) is 16.3 Å². The molecule has 1 nitrogen and oxygen atoms in total. The van der Waals surface area contributed by atoms with Gasteiger partial charge in [0.2, 0.25) is 0 Å². The number of anilines is 1. The summed E-state index contributed by atoms with van der Waals surface area (Å²) in [5.41, 5.74) is 9.77. The molecule has 0 heterocycles. The van der Waals surface area contributed by atoms with Crippen molar-refractivity contribution in [3.05, 3.63) is 83.9 Å². The van der Waals surface area contributed by atoms with Gasteiger partial charge >= 0.3 is 0 Å². The summed E-state index contributed by atoms with van der Waals surface area (Å²) in [6, 6.07) is 25.7. The summed E-state index contributed by atoms with van der Waals surface area (Å²) in [7, 11) is 0. The lowest BCUT2D eigenvalue weighted by atomic mass is 10.1. The van der Waals surface area contributed by atoms with Crippen molar-refractivity contribution in [2.45, 2.75) is 17.6 Å². The molecular weight excluding hydrogens is 310 g/mol. The summed E-state index contributed by atoms with van der Waals surface area (Å²) in [6.45, 7) is 2.13. The smallest absolute Gasteiger partial charge is 0.0458 e. The number of benzene rings is 4. The predicted octanol–water partition coefficient (Wildman–Crippen LogP) is 6.18. The molecule has 4 aromatic carbocycles. The first-order chi connectivity index (χ1) is 11.7. The molecule has 118 valence electrons. The molecule has 4 rings (SSSR count). The number of aryl methyl sites for hydroxylation is 1. The number of fused-ring (bicyclic) bond motifs is 2. The SMILES string of the molecule is Cc1ccc2ccc(N)c(SCc3cccc4ccccc34)c2c1. The van der Waals surface area contributed by atoms with E-state index in [1.165, 1.54) is 37.6 Å². The van der Waals surface area contributed by atoms with Crippen molar-refractivity contribution < 1.29 is 0 Å². The van der Waals surface area contributed by atoms with Crippen LogP contribution in [0.5, 0.6) is 0 Å². The van der Waals surface area contributed by atoms with Crippen LogP contribution in [0.25, 0.3) is 21.5 Å². The topological polar surface area (TPSA) is 26.0 Å². The van der Waals surface area contributed by atoms with Crippen molar-refractivity contribution >= 4 is 39.0 Å². The average Bonchev–Trinajstić information content (AvgIpc) is 2.61. The molecule has 0 aliphatic heterocycles. The fourth-order valence-electron chi connectivity index (χ4n) is 3.15. The van der Waals surface area contributed by atoms with Gasteiger partial charge in [0.05, 0.1) is 0 Å². The molecule has 0 unspecified atom stereocenters. The standard InChI is InChI=1S/C22H19NS/c1-15-9-10-17-11-12-21(23)22(20(17)13-15)24-14-18-7-4-6-16-5-2-3-8-19(16)18/h2-13H,14,23H2,1H3. The van der Waals surface area contributed by atoms with E-state index < -0.39 is 0 Å². The van der Waals surface area contributed by atoms with Crippen molar-refractivity contribution in [3.8, 4) is 0 Å². The summed E-state index contributed by atoms with van der Waals surface area (Å²) in [4.78, 5) is 1.18. The highest BCUT2D eigenvalue weighted by Crippen LogP contribution is 2.36. The van der Waals surface area contributed by atoms with Crippen LogP contribution in [0.3, 0.4) is 0 Å². The van der Waals surface area contributed by atoms with Crippen LogP contribution in [-0.4, -0.2) is 0 Å². The van der Waals surface area contributed by atoms with Crippen molar-refractivity contribution in [1.29, 1.82) is 0 Å². The molecule has 0 aliphatic rings. The largest absolute Gasteiger partial charge is 0.398 e. The molecule has 0 aliphatic carbocycles. The third kappa shape index (κ3) is 2.74. The molecule has 0 saturated carbocycles. The Morgan fingerprint density at radius 1 is 0.792 bits per heavy atom. The van der Waals surface area contributed by atoms with E-state index in [9.17, 15) is 0 Å². The van der Waals surface area contributed by atoms with E-state index >= 15 is 0 Å². The van der Waals surface area contributed by atoms with Gasteiger partial charge in [-0.2, -0.15) is 0 Å². The minimum Gasteiger partial charge on any atom is -0.398 e. The van der Waals surface area contributed by atoms with Gasteiger partial charge in [0.1, 0.15) is 0 Å². The Kier molecular flexibility index (Phi) is 3.91. The molecule has 0 bridgehead atoms. The van der Waals surface area contributed by atoms with E-state index in [1.54, 1.807) is 0 Å². The first kappa shape index (κ1) is 15.1. The fraction of sp³-hybridized carbons (Fsp3) is 0.0909. The van der Waals surface area contributed by atoms with E-state index in [1.807, 2.05) is 17.8 Å². The van der Waals surface area contributed by atoms with Crippen molar-refractivity contribution in [3.63, 3.8) is 0 Å². The third-order valence-electron chi connectivity index (χ3n) is 4.41. The van der Waals surface area contributed by atoms with E-state index in [-0.39, 0.29) is 0 Å². The molecule has 0 saturated heterocycles. The van der Waals surface area contributed by atoms with Crippen LogP contribution in [0.1, 0.15) is 11.1 Å². The lowest BCUT2D eigenvalue weighted by Gasteiger charge is -2.12. The third-order valence-corrected chi connectivity index (χ3v) is 5.61. The maximum Gasteiger partial charge on any atom is 0.0458 e. The van der Waals surface area contributed by atoms with Crippen molar-refractivity contribution in [2.24, 2.45) is 0 Å². The minimum absolute atomic E-state index is 0.860. The Bertz CT molecular complexity index is 1030. The fourth-order valence-corrected chi connectivity index (χ4v) is 4.27. The van der Waals surface area contributed by atoms with Gasteiger partial charge in [-0.1, -0.05) is 72.3 Å². The predicted molar refractivity (Wildman–Crippen MR) is 107 cm³/mol. The zero-order valence-electron chi connectivity index (χ0n) is 13.6. The lowest BCUT2D eigenvalue weighted by Crippen LogP contribution is -1.92. The van der Waals surface area contributed by atoms with Gasteiger partial charge in [-0.25, -0.2) is 0 Å². The Hall–Kier alpha value is -2.45. The Balaban J connectivity index is 1.74. The average molecular weight is 329 g/mol. The molecule has 0 atom stereocenters. The summed E-state index contributed by atoms with van der Waals surface area (Å²) in [6.07, 6.45) is 0. The van der Waals surface area contributed by atoms with Crippen LogP contribution in [0, 0.1) is 6.92 Å². The molecule has 0 fully saturated rings. The molecule has 0 radical (unpaired) electrons. The molecule has 4 aromatic rings. The zero-order chi connectivity index (χ0) is 16.5. The summed E-state index contributed by atoms with van der Waals surface area (Å²) >= 11 is 1.83. The first-order valence-corrected chi connectivity index (χ1v) is 9.09. The second-order valence-electron chi connectivity index (χ2n) is 6.14. The van der Waals surface area contributed by atoms with Gasteiger partial charge in [-0.05, 0) is 40.1 Å². The van der Waals surface area contributed by atoms with E-state index in [4.69, 9.17) is 5.73 Å². The molecule has 2 N–H and O–H groups in total. The summed E-state index contributed by atoms with van der Waals surface area (Å²) in [5.74, 6) is 0.915.